The van der Waals surface area contributed by atoms with Crippen molar-refractivity contribution in [1.82, 2.24) is 10.2 Å². The summed E-state index contributed by atoms with van der Waals surface area (Å²) in [4.78, 5) is 13.5. The molecule has 5 nitrogen and oxygen atoms in total. The number of ether oxygens (including phenoxy) is 1. The van der Waals surface area contributed by atoms with Gasteiger partial charge < -0.3 is 20.1 Å². The zero-order valence-electron chi connectivity index (χ0n) is 9.97. The quantitative estimate of drug-likeness (QED) is 0.688. The summed E-state index contributed by atoms with van der Waals surface area (Å²) in [5.41, 5.74) is 0. The Bertz CT molecular complexity index is 295. The van der Waals surface area contributed by atoms with Crippen LogP contribution in [-0.4, -0.2) is 54.0 Å². The van der Waals surface area contributed by atoms with Crippen LogP contribution in [0, 0.1) is 0 Å². The van der Waals surface area contributed by atoms with Gasteiger partial charge in [0, 0.05) is 13.1 Å². The van der Waals surface area contributed by atoms with E-state index in [4.69, 9.17) is 9.84 Å². The molecule has 0 aromatic rings. The third kappa shape index (κ3) is 2.79. The number of rotatable bonds is 5. The van der Waals surface area contributed by atoms with Crippen LogP contribution in [0.4, 0.5) is 4.79 Å². The van der Waals surface area contributed by atoms with E-state index in [2.05, 4.69) is 11.9 Å². The third-order valence-electron chi connectivity index (χ3n) is 3.42. The Labute approximate surface area is 101 Å². The van der Waals surface area contributed by atoms with Crippen LogP contribution in [0.2, 0.25) is 0 Å². The highest BCUT2D eigenvalue weighted by atomic mass is 16.5. The lowest BCUT2D eigenvalue weighted by atomic mass is 9.96. The molecular weight excluding hydrogens is 220 g/mol. The van der Waals surface area contributed by atoms with Crippen molar-refractivity contribution in [2.75, 3.05) is 19.7 Å². The number of urea groups is 1. The van der Waals surface area contributed by atoms with Crippen molar-refractivity contribution in [3.8, 4) is 0 Å². The van der Waals surface area contributed by atoms with Crippen molar-refractivity contribution < 1.29 is 14.6 Å². The highest BCUT2D eigenvalue weighted by Crippen LogP contribution is 2.34. The Balaban J connectivity index is 1.84. The van der Waals surface area contributed by atoms with Crippen molar-refractivity contribution in [1.29, 1.82) is 0 Å². The number of amides is 2. The SMILES string of the molecule is C=CCN(CCO)C(=O)NC1CC2CCC1O2. The molecule has 5 heteroatoms. The van der Waals surface area contributed by atoms with Crippen LogP contribution in [0.3, 0.4) is 0 Å². The number of nitrogens with one attached hydrogen (secondary N) is 1. The van der Waals surface area contributed by atoms with Gasteiger partial charge in [0.25, 0.3) is 0 Å². The Kier molecular flexibility index (Phi) is 4.02. The minimum atomic E-state index is -0.139. The second kappa shape index (κ2) is 5.51. The molecule has 3 atom stereocenters. The molecular formula is C12H20N2O3. The van der Waals surface area contributed by atoms with Crippen LogP contribution < -0.4 is 5.32 Å². The minimum absolute atomic E-state index is 0.0333. The number of nitrogens with zero attached hydrogens (tertiary/aromatic N) is 1. The smallest absolute Gasteiger partial charge is 0.318 e. The topological polar surface area (TPSA) is 61.8 Å². The number of carbonyl (C=O) groups is 1. The lowest BCUT2D eigenvalue weighted by Crippen LogP contribution is -2.49. The first-order valence-corrected chi connectivity index (χ1v) is 6.17. The summed E-state index contributed by atoms with van der Waals surface area (Å²) < 4.78 is 5.68. The number of fused-ring (bicyclic) bond motifs is 2. The molecule has 0 spiro atoms. The zero-order chi connectivity index (χ0) is 12.3. The van der Waals surface area contributed by atoms with E-state index in [-0.39, 0.29) is 24.8 Å². The summed E-state index contributed by atoms with van der Waals surface area (Å²) in [7, 11) is 0. The molecule has 3 unspecified atom stereocenters. The monoisotopic (exact) mass is 240 g/mol. The Hall–Kier alpha value is -1.07. The van der Waals surface area contributed by atoms with E-state index >= 15 is 0 Å². The van der Waals surface area contributed by atoms with Gasteiger partial charge in [-0.1, -0.05) is 6.08 Å². The molecule has 2 aliphatic heterocycles. The maximum Gasteiger partial charge on any atom is 0.318 e. The fourth-order valence-corrected chi connectivity index (χ4v) is 2.59. The van der Waals surface area contributed by atoms with Gasteiger partial charge >= 0.3 is 6.03 Å². The third-order valence-corrected chi connectivity index (χ3v) is 3.42. The second-order valence-electron chi connectivity index (χ2n) is 4.62. The van der Waals surface area contributed by atoms with Crippen molar-refractivity contribution in [3.63, 3.8) is 0 Å². The van der Waals surface area contributed by atoms with Crippen LogP contribution in [0.5, 0.6) is 0 Å². The fourth-order valence-electron chi connectivity index (χ4n) is 2.59. The predicted octanol–water partition coefficient (Wildman–Crippen LogP) is 0.496. The van der Waals surface area contributed by atoms with Crippen molar-refractivity contribution in [2.24, 2.45) is 0 Å². The molecule has 2 aliphatic rings. The van der Waals surface area contributed by atoms with E-state index < -0.39 is 0 Å². The van der Waals surface area contributed by atoms with Crippen LogP contribution in [-0.2, 0) is 4.74 Å². The van der Waals surface area contributed by atoms with Crippen molar-refractivity contribution >= 4 is 6.03 Å². The van der Waals surface area contributed by atoms with E-state index in [0.29, 0.717) is 19.2 Å². The van der Waals surface area contributed by atoms with Gasteiger partial charge in [0.1, 0.15) is 0 Å². The largest absolute Gasteiger partial charge is 0.395 e. The first-order valence-electron chi connectivity index (χ1n) is 6.17. The summed E-state index contributed by atoms with van der Waals surface area (Å²) in [6, 6.07) is -0.00708. The summed E-state index contributed by atoms with van der Waals surface area (Å²) in [6.07, 6.45) is 5.24. The molecule has 2 amide bonds. The summed E-state index contributed by atoms with van der Waals surface area (Å²) >= 11 is 0. The van der Waals surface area contributed by atoms with Gasteiger partial charge in [-0.05, 0) is 19.3 Å². The number of aliphatic hydroxyl groups excluding tert-OH is 1. The van der Waals surface area contributed by atoms with Crippen molar-refractivity contribution in [3.05, 3.63) is 12.7 Å². The Morgan fingerprint density at radius 2 is 2.41 bits per heavy atom. The highest BCUT2D eigenvalue weighted by molar-refractivity contribution is 5.74. The number of carbonyl (C=O) groups excluding carboxylic acids is 1. The second-order valence-corrected chi connectivity index (χ2v) is 4.62. The van der Waals surface area contributed by atoms with Crippen molar-refractivity contribution in [2.45, 2.75) is 37.5 Å². The first kappa shape index (κ1) is 12.4. The summed E-state index contributed by atoms with van der Waals surface area (Å²) in [5, 5.41) is 11.9. The molecule has 0 aromatic carbocycles. The molecule has 2 fully saturated rings. The van der Waals surface area contributed by atoms with Crippen LogP contribution in [0.15, 0.2) is 12.7 Å². The molecule has 17 heavy (non-hydrogen) atoms. The van der Waals surface area contributed by atoms with E-state index in [0.717, 1.165) is 19.3 Å². The minimum Gasteiger partial charge on any atom is -0.395 e. The maximum atomic E-state index is 12.0. The highest BCUT2D eigenvalue weighted by Gasteiger charge is 2.41. The lowest BCUT2D eigenvalue weighted by Gasteiger charge is -2.26. The molecule has 2 heterocycles. The maximum absolute atomic E-state index is 12.0. The molecule has 0 saturated carbocycles. The lowest BCUT2D eigenvalue weighted by molar-refractivity contribution is 0.0968. The molecule has 2 N–H and O–H groups in total. The van der Waals surface area contributed by atoms with Gasteiger partial charge in [-0.15, -0.1) is 6.58 Å². The Morgan fingerprint density at radius 1 is 1.59 bits per heavy atom. The van der Waals surface area contributed by atoms with Crippen LogP contribution in [0.25, 0.3) is 0 Å². The molecule has 2 rings (SSSR count). The fraction of sp³-hybridized carbons (Fsp3) is 0.750. The van der Waals surface area contributed by atoms with E-state index in [1.807, 2.05) is 0 Å². The van der Waals surface area contributed by atoms with E-state index in [1.54, 1.807) is 11.0 Å². The normalized spacial score (nSPS) is 30.3. The number of hydrogen-bond donors (Lipinski definition) is 2. The van der Waals surface area contributed by atoms with E-state index in [9.17, 15) is 4.79 Å². The average Bonchev–Trinajstić information content (AvgIpc) is 2.90. The van der Waals surface area contributed by atoms with Gasteiger partial charge in [0.05, 0.1) is 24.9 Å². The molecule has 0 radical (unpaired) electrons. The predicted molar refractivity (Wildman–Crippen MR) is 63.7 cm³/mol. The molecule has 0 aromatic heterocycles. The Morgan fingerprint density at radius 3 is 2.94 bits per heavy atom. The van der Waals surface area contributed by atoms with Gasteiger partial charge in [-0.25, -0.2) is 4.79 Å². The van der Waals surface area contributed by atoms with Gasteiger partial charge in [-0.3, -0.25) is 0 Å². The summed E-state index contributed by atoms with van der Waals surface area (Å²) in [6.45, 7) is 4.36. The van der Waals surface area contributed by atoms with Crippen LogP contribution in [0.1, 0.15) is 19.3 Å². The number of hydrogen-bond acceptors (Lipinski definition) is 3. The summed E-state index contributed by atoms with van der Waals surface area (Å²) in [5.74, 6) is 0. The first-order chi connectivity index (χ1) is 8.24. The van der Waals surface area contributed by atoms with Crippen LogP contribution >= 0.6 is 0 Å². The molecule has 96 valence electrons. The molecule has 0 aliphatic carbocycles. The average molecular weight is 240 g/mol. The number of aliphatic hydroxyl groups is 1. The van der Waals surface area contributed by atoms with Gasteiger partial charge in [0.15, 0.2) is 0 Å². The zero-order valence-corrected chi connectivity index (χ0v) is 9.97. The molecule has 2 bridgehead atoms. The van der Waals surface area contributed by atoms with E-state index in [1.165, 1.54) is 0 Å². The van der Waals surface area contributed by atoms with Gasteiger partial charge in [0.2, 0.25) is 0 Å². The van der Waals surface area contributed by atoms with Gasteiger partial charge in [-0.2, -0.15) is 0 Å². The standard InChI is InChI=1S/C12H20N2O3/c1-2-5-14(6-7-15)12(16)13-10-8-9-3-4-11(10)17-9/h2,9-11,15H,1,3-8H2,(H,13,16). The molecule has 2 saturated heterocycles.